The lowest BCUT2D eigenvalue weighted by molar-refractivity contribution is 0.0318. The first-order valence-electron chi connectivity index (χ1n) is 10.4. The van der Waals surface area contributed by atoms with Gasteiger partial charge in [-0.15, -0.1) is 0 Å². The van der Waals surface area contributed by atoms with Gasteiger partial charge < -0.3 is 14.5 Å². The predicted molar refractivity (Wildman–Crippen MR) is 104 cm³/mol. The van der Waals surface area contributed by atoms with E-state index >= 15 is 0 Å². The molecule has 4 heterocycles. The van der Waals surface area contributed by atoms with E-state index in [-0.39, 0.29) is 0 Å². The van der Waals surface area contributed by atoms with Crippen LogP contribution < -0.4 is 4.90 Å². The summed E-state index contributed by atoms with van der Waals surface area (Å²) in [4.78, 5) is 17.1. The topological polar surface area (TPSA) is 44.7 Å². The number of rotatable bonds is 5. The molecule has 0 aromatic carbocycles. The Bertz CT molecular complexity index is 584. The van der Waals surface area contributed by atoms with Crippen molar-refractivity contribution in [3.8, 4) is 0 Å². The van der Waals surface area contributed by atoms with E-state index in [1.165, 1.54) is 44.5 Å². The lowest BCUT2D eigenvalue weighted by atomic mass is 9.94. The van der Waals surface area contributed by atoms with Crippen molar-refractivity contribution in [3.63, 3.8) is 0 Å². The maximum absolute atomic E-state index is 5.46. The first kappa shape index (κ1) is 18.1. The van der Waals surface area contributed by atoms with Crippen molar-refractivity contribution in [2.75, 3.05) is 70.5 Å². The van der Waals surface area contributed by atoms with E-state index in [1.807, 2.05) is 6.92 Å². The van der Waals surface area contributed by atoms with E-state index < -0.39 is 0 Å². The molecular weight excluding hydrogens is 326 g/mol. The minimum atomic E-state index is 0.552. The Hall–Kier alpha value is -1.24. The number of aromatic nitrogens is 2. The average molecular weight is 360 g/mol. The molecule has 1 atom stereocenters. The Kier molecular flexibility index (Phi) is 6.02. The number of morpholine rings is 1. The van der Waals surface area contributed by atoms with Crippen molar-refractivity contribution in [1.29, 1.82) is 0 Å². The van der Waals surface area contributed by atoms with E-state index in [2.05, 4.69) is 20.8 Å². The van der Waals surface area contributed by atoms with Crippen LogP contribution in [0.15, 0.2) is 6.07 Å². The second-order valence-corrected chi connectivity index (χ2v) is 7.99. The molecule has 0 radical (unpaired) electrons. The van der Waals surface area contributed by atoms with E-state index in [4.69, 9.17) is 14.7 Å². The monoisotopic (exact) mass is 359 g/mol. The number of ether oxygens (including phenoxy) is 1. The summed E-state index contributed by atoms with van der Waals surface area (Å²) in [5.41, 5.74) is 1.26. The third-order valence-corrected chi connectivity index (χ3v) is 6.03. The van der Waals surface area contributed by atoms with Gasteiger partial charge in [0.2, 0.25) is 0 Å². The van der Waals surface area contributed by atoms with E-state index in [0.29, 0.717) is 5.92 Å². The fourth-order valence-electron chi connectivity index (χ4n) is 4.50. The van der Waals surface area contributed by atoms with Gasteiger partial charge in [-0.05, 0) is 39.2 Å². The van der Waals surface area contributed by atoms with Gasteiger partial charge in [-0.2, -0.15) is 0 Å². The molecule has 0 saturated carbocycles. The van der Waals surface area contributed by atoms with Crippen LogP contribution in [0.25, 0.3) is 0 Å². The summed E-state index contributed by atoms with van der Waals surface area (Å²) in [5.74, 6) is 2.63. The standard InChI is InChI=1S/C20H33N5O/c1-17-21-19(15-20(22-17)25-7-2-3-8-25)18-5-4-6-24(16-18)10-9-23-11-13-26-14-12-23/h15,18H,2-14,16H2,1H3. The summed E-state index contributed by atoms with van der Waals surface area (Å²) in [5, 5.41) is 0. The number of hydrogen-bond donors (Lipinski definition) is 0. The van der Waals surface area contributed by atoms with Crippen LogP contribution in [0.4, 0.5) is 5.82 Å². The molecule has 3 saturated heterocycles. The molecule has 6 nitrogen and oxygen atoms in total. The van der Waals surface area contributed by atoms with Gasteiger partial charge in [0, 0.05) is 57.8 Å². The van der Waals surface area contributed by atoms with Gasteiger partial charge in [-0.25, -0.2) is 9.97 Å². The minimum Gasteiger partial charge on any atom is -0.379 e. The third kappa shape index (κ3) is 4.53. The van der Waals surface area contributed by atoms with Crippen molar-refractivity contribution >= 4 is 5.82 Å². The number of aryl methyl sites for hydroxylation is 1. The first-order valence-corrected chi connectivity index (χ1v) is 10.4. The normalized spacial score (nSPS) is 25.7. The quantitative estimate of drug-likeness (QED) is 0.800. The molecule has 1 aromatic rings. The Balaban J connectivity index is 1.37. The number of anilines is 1. The maximum Gasteiger partial charge on any atom is 0.132 e. The minimum absolute atomic E-state index is 0.552. The van der Waals surface area contributed by atoms with Crippen molar-refractivity contribution in [2.24, 2.45) is 0 Å². The number of likely N-dealkylation sites (tertiary alicyclic amines) is 1. The molecule has 0 bridgehead atoms. The van der Waals surface area contributed by atoms with Crippen LogP contribution in [-0.4, -0.2) is 85.3 Å². The molecule has 3 fully saturated rings. The zero-order valence-electron chi connectivity index (χ0n) is 16.2. The Morgan fingerprint density at radius 2 is 1.73 bits per heavy atom. The van der Waals surface area contributed by atoms with Crippen LogP contribution in [-0.2, 0) is 4.74 Å². The van der Waals surface area contributed by atoms with Crippen molar-refractivity contribution in [1.82, 2.24) is 19.8 Å². The highest BCUT2D eigenvalue weighted by Gasteiger charge is 2.25. The highest BCUT2D eigenvalue weighted by molar-refractivity contribution is 5.41. The molecule has 0 N–H and O–H groups in total. The Morgan fingerprint density at radius 3 is 2.54 bits per heavy atom. The van der Waals surface area contributed by atoms with Crippen molar-refractivity contribution in [3.05, 3.63) is 17.6 Å². The fourth-order valence-corrected chi connectivity index (χ4v) is 4.50. The summed E-state index contributed by atoms with van der Waals surface area (Å²) in [6.45, 7) is 13.0. The lowest BCUT2D eigenvalue weighted by Gasteiger charge is -2.35. The molecule has 3 aliphatic heterocycles. The van der Waals surface area contributed by atoms with E-state index in [9.17, 15) is 0 Å². The highest BCUT2D eigenvalue weighted by atomic mass is 16.5. The average Bonchev–Trinajstić information content (AvgIpc) is 3.22. The molecule has 0 amide bonds. The van der Waals surface area contributed by atoms with Gasteiger partial charge in [-0.1, -0.05) is 0 Å². The fraction of sp³-hybridized carbons (Fsp3) is 0.800. The molecule has 26 heavy (non-hydrogen) atoms. The summed E-state index contributed by atoms with van der Waals surface area (Å²) in [6.07, 6.45) is 5.11. The molecule has 0 spiro atoms. The van der Waals surface area contributed by atoms with Gasteiger partial charge in [0.1, 0.15) is 11.6 Å². The SMILES string of the molecule is Cc1nc(C2CCCN(CCN3CCOCC3)C2)cc(N2CCCC2)n1. The van der Waals surface area contributed by atoms with E-state index in [0.717, 1.165) is 64.1 Å². The van der Waals surface area contributed by atoms with Gasteiger partial charge in [-0.3, -0.25) is 4.90 Å². The summed E-state index contributed by atoms with van der Waals surface area (Å²) in [7, 11) is 0. The van der Waals surface area contributed by atoms with Gasteiger partial charge in [0.05, 0.1) is 18.9 Å². The zero-order valence-corrected chi connectivity index (χ0v) is 16.2. The third-order valence-electron chi connectivity index (χ3n) is 6.03. The summed E-state index contributed by atoms with van der Waals surface area (Å²) < 4.78 is 5.46. The predicted octanol–water partition coefficient (Wildman–Crippen LogP) is 1.90. The lowest BCUT2D eigenvalue weighted by Crippen LogP contribution is -2.43. The summed E-state index contributed by atoms with van der Waals surface area (Å²) in [6, 6.07) is 2.27. The van der Waals surface area contributed by atoms with Crippen LogP contribution in [0, 0.1) is 6.92 Å². The van der Waals surface area contributed by atoms with Crippen LogP contribution in [0.3, 0.4) is 0 Å². The van der Waals surface area contributed by atoms with Gasteiger partial charge >= 0.3 is 0 Å². The van der Waals surface area contributed by atoms with Crippen molar-refractivity contribution in [2.45, 2.75) is 38.5 Å². The first-order chi connectivity index (χ1) is 12.8. The highest BCUT2D eigenvalue weighted by Crippen LogP contribution is 2.28. The van der Waals surface area contributed by atoms with Crippen LogP contribution in [0.5, 0.6) is 0 Å². The molecule has 6 heteroatoms. The Morgan fingerprint density at radius 1 is 0.962 bits per heavy atom. The molecule has 0 aliphatic carbocycles. The molecule has 4 rings (SSSR count). The largest absolute Gasteiger partial charge is 0.379 e. The molecule has 3 aliphatic rings. The van der Waals surface area contributed by atoms with Crippen LogP contribution in [0.2, 0.25) is 0 Å². The van der Waals surface area contributed by atoms with Crippen LogP contribution in [0.1, 0.15) is 43.1 Å². The number of piperidine rings is 1. The van der Waals surface area contributed by atoms with Crippen molar-refractivity contribution < 1.29 is 4.74 Å². The molecule has 1 unspecified atom stereocenters. The summed E-state index contributed by atoms with van der Waals surface area (Å²) >= 11 is 0. The molecule has 144 valence electrons. The van der Waals surface area contributed by atoms with E-state index in [1.54, 1.807) is 0 Å². The number of nitrogens with zero attached hydrogens (tertiary/aromatic N) is 5. The second-order valence-electron chi connectivity index (χ2n) is 7.99. The molecular formula is C20H33N5O. The zero-order chi connectivity index (χ0) is 17.8. The van der Waals surface area contributed by atoms with Crippen LogP contribution >= 0.6 is 0 Å². The van der Waals surface area contributed by atoms with Gasteiger partial charge in [0.25, 0.3) is 0 Å². The smallest absolute Gasteiger partial charge is 0.132 e. The number of hydrogen-bond acceptors (Lipinski definition) is 6. The van der Waals surface area contributed by atoms with Gasteiger partial charge in [0.15, 0.2) is 0 Å². The Labute approximate surface area is 157 Å². The second kappa shape index (κ2) is 8.63. The maximum atomic E-state index is 5.46. The molecule has 1 aromatic heterocycles.